The van der Waals surface area contributed by atoms with Crippen LogP contribution in [0.15, 0.2) is 18.2 Å². The monoisotopic (exact) mass is 170 g/mol. The lowest BCUT2D eigenvalue weighted by molar-refractivity contribution is -0.118. The molecule has 0 bridgehead atoms. The van der Waals surface area contributed by atoms with Crippen LogP contribution in [0.1, 0.15) is 23.1 Å². The molecule has 1 nitrogen and oxygen atoms in total. The topological polar surface area (TPSA) is 17.1 Å². The Morgan fingerprint density at radius 1 is 1.31 bits per heavy atom. The van der Waals surface area contributed by atoms with Gasteiger partial charge < -0.3 is 0 Å². The first-order valence-electron chi connectivity index (χ1n) is 4.40. The van der Waals surface area contributed by atoms with Gasteiger partial charge in [-0.1, -0.05) is 18.1 Å². The predicted octanol–water partition coefficient (Wildman–Crippen LogP) is 1.73. The van der Waals surface area contributed by atoms with E-state index in [9.17, 15) is 4.79 Å². The summed E-state index contributed by atoms with van der Waals surface area (Å²) in [5.41, 5.74) is 3.27. The van der Waals surface area contributed by atoms with E-state index in [2.05, 4.69) is 5.92 Å². The van der Waals surface area contributed by atoms with Crippen LogP contribution in [-0.2, 0) is 17.6 Å². The van der Waals surface area contributed by atoms with Crippen LogP contribution in [0.3, 0.4) is 0 Å². The van der Waals surface area contributed by atoms with Crippen molar-refractivity contribution in [2.24, 2.45) is 0 Å². The Hall–Kier alpha value is -1.55. The van der Waals surface area contributed by atoms with Crippen molar-refractivity contribution in [3.8, 4) is 12.3 Å². The molecule has 1 aromatic rings. The van der Waals surface area contributed by atoms with Crippen molar-refractivity contribution in [3.05, 3.63) is 34.9 Å². The largest absolute Gasteiger partial charge is 0.299 e. The van der Waals surface area contributed by atoms with Gasteiger partial charge in [-0.25, -0.2) is 0 Å². The molecule has 0 atom stereocenters. The number of carbonyl (C=O) groups excluding carboxylic acids is 1. The molecule has 0 aromatic heterocycles. The van der Waals surface area contributed by atoms with Crippen molar-refractivity contribution in [1.82, 2.24) is 0 Å². The molecule has 0 spiro atoms. The van der Waals surface area contributed by atoms with Crippen LogP contribution < -0.4 is 0 Å². The van der Waals surface area contributed by atoms with Gasteiger partial charge in [-0.15, -0.1) is 6.42 Å². The Balaban J connectivity index is 2.53. The molecule has 0 heterocycles. The summed E-state index contributed by atoms with van der Waals surface area (Å²) in [5.74, 6) is 2.98. The minimum Gasteiger partial charge on any atom is -0.299 e. The fraction of sp³-hybridized carbons (Fsp3) is 0.250. The van der Waals surface area contributed by atoms with E-state index in [1.54, 1.807) is 0 Å². The number of hydrogen-bond acceptors (Lipinski definition) is 1. The van der Waals surface area contributed by atoms with Crippen LogP contribution in [0.4, 0.5) is 0 Å². The number of hydrogen-bond donors (Lipinski definition) is 0. The molecule has 0 amide bonds. The van der Waals surface area contributed by atoms with E-state index in [0.29, 0.717) is 18.6 Å². The minimum absolute atomic E-state index is 0.321. The third-order valence-electron chi connectivity index (χ3n) is 2.47. The van der Waals surface area contributed by atoms with E-state index in [0.717, 1.165) is 17.5 Å². The lowest BCUT2D eigenvalue weighted by Crippen LogP contribution is -2.14. The summed E-state index contributed by atoms with van der Waals surface area (Å²) in [6.07, 6.45) is 7.39. The Kier molecular flexibility index (Phi) is 1.90. The lowest BCUT2D eigenvalue weighted by Gasteiger charge is -2.15. The van der Waals surface area contributed by atoms with Gasteiger partial charge in [0.25, 0.3) is 0 Å². The van der Waals surface area contributed by atoms with Crippen molar-refractivity contribution in [2.45, 2.75) is 19.3 Å². The van der Waals surface area contributed by atoms with Crippen LogP contribution in [0.2, 0.25) is 0 Å². The molecular formula is C12H10O. The zero-order valence-electron chi connectivity index (χ0n) is 7.34. The van der Waals surface area contributed by atoms with Crippen molar-refractivity contribution >= 4 is 5.78 Å². The maximum absolute atomic E-state index is 11.2. The molecule has 0 aliphatic heterocycles. The summed E-state index contributed by atoms with van der Waals surface area (Å²) in [6, 6.07) is 5.86. The van der Waals surface area contributed by atoms with Gasteiger partial charge in [0.1, 0.15) is 5.78 Å². The zero-order chi connectivity index (χ0) is 9.26. The summed E-state index contributed by atoms with van der Waals surface area (Å²) in [4.78, 5) is 11.2. The third kappa shape index (κ3) is 1.36. The van der Waals surface area contributed by atoms with Crippen LogP contribution in [-0.4, -0.2) is 5.78 Å². The SMILES string of the molecule is C#Cc1cccc2c1CCC(=O)C2. The van der Waals surface area contributed by atoms with Crippen LogP contribution in [0.25, 0.3) is 0 Å². The van der Waals surface area contributed by atoms with Crippen LogP contribution in [0, 0.1) is 12.3 Å². The molecular weight excluding hydrogens is 160 g/mol. The Labute approximate surface area is 77.8 Å². The fourth-order valence-corrected chi connectivity index (χ4v) is 1.80. The smallest absolute Gasteiger partial charge is 0.137 e. The number of carbonyl (C=O) groups is 1. The number of Topliss-reactive ketones (excluding diaryl/α,β-unsaturated/α-hetero) is 1. The molecule has 0 unspecified atom stereocenters. The quantitative estimate of drug-likeness (QED) is 0.542. The van der Waals surface area contributed by atoms with Gasteiger partial charge in [-0.05, 0) is 23.6 Å². The molecule has 1 aromatic carbocycles. The first-order valence-corrected chi connectivity index (χ1v) is 4.40. The number of rotatable bonds is 0. The zero-order valence-corrected chi connectivity index (χ0v) is 7.34. The highest BCUT2D eigenvalue weighted by Gasteiger charge is 2.16. The predicted molar refractivity (Wildman–Crippen MR) is 51.4 cm³/mol. The van der Waals surface area contributed by atoms with Crippen molar-refractivity contribution in [2.75, 3.05) is 0 Å². The van der Waals surface area contributed by atoms with Gasteiger partial charge >= 0.3 is 0 Å². The summed E-state index contributed by atoms with van der Waals surface area (Å²) >= 11 is 0. The van der Waals surface area contributed by atoms with E-state index in [-0.39, 0.29) is 0 Å². The Bertz CT molecular complexity index is 396. The van der Waals surface area contributed by atoms with E-state index in [4.69, 9.17) is 6.42 Å². The minimum atomic E-state index is 0.321. The van der Waals surface area contributed by atoms with Gasteiger partial charge in [-0.2, -0.15) is 0 Å². The van der Waals surface area contributed by atoms with Gasteiger partial charge in [0.2, 0.25) is 0 Å². The molecule has 0 radical (unpaired) electrons. The molecule has 0 saturated carbocycles. The molecule has 0 fully saturated rings. The Morgan fingerprint density at radius 3 is 2.92 bits per heavy atom. The van der Waals surface area contributed by atoms with Gasteiger partial charge in [0.15, 0.2) is 0 Å². The Morgan fingerprint density at radius 2 is 2.15 bits per heavy atom. The molecule has 2 rings (SSSR count). The average Bonchev–Trinajstić information content (AvgIpc) is 2.16. The normalized spacial score (nSPS) is 14.8. The molecule has 0 saturated heterocycles. The first kappa shape index (κ1) is 8.07. The molecule has 64 valence electrons. The summed E-state index contributed by atoms with van der Waals surface area (Å²) in [5, 5.41) is 0. The van der Waals surface area contributed by atoms with Gasteiger partial charge in [-0.3, -0.25) is 4.79 Å². The average molecular weight is 170 g/mol. The number of benzene rings is 1. The number of terminal acetylenes is 1. The second-order valence-electron chi connectivity index (χ2n) is 3.30. The van der Waals surface area contributed by atoms with Gasteiger partial charge in [0, 0.05) is 18.4 Å². The van der Waals surface area contributed by atoms with Crippen molar-refractivity contribution < 1.29 is 4.79 Å². The highest BCUT2D eigenvalue weighted by atomic mass is 16.1. The highest BCUT2D eigenvalue weighted by Crippen LogP contribution is 2.21. The van der Waals surface area contributed by atoms with E-state index in [1.165, 1.54) is 5.56 Å². The number of fused-ring (bicyclic) bond motifs is 1. The second-order valence-corrected chi connectivity index (χ2v) is 3.30. The molecule has 1 heteroatoms. The van der Waals surface area contributed by atoms with E-state index in [1.807, 2.05) is 18.2 Å². The standard InChI is InChI=1S/C12H10O/c1-2-9-4-3-5-10-8-11(13)6-7-12(9)10/h1,3-5H,6-8H2. The second kappa shape index (κ2) is 3.06. The first-order chi connectivity index (χ1) is 6.31. The highest BCUT2D eigenvalue weighted by molar-refractivity contribution is 5.83. The van der Waals surface area contributed by atoms with Crippen LogP contribution in [0.5, 0.6) is 0 Å². The molecule has 0 N–H and O–H groups in total. The fourth-order valence-electron chi connectivity index (χ4n) is 1.80. The van der Waals surface area contributed by atoms with Gasteiger partial charge in [0.05, 0.1) is 0 Å². The van der Waals surface area contributed by atoms with Crippen LogP contribution >= 0.6 is 0 Å². The summed E-state index contributed by atoms with van der Waals surface area (Å²) < 4.78 is 0. The number of ketones is 1. The van der Waals surface area contributed by atoms with Crippen molar-refractivity contribution in [3.63, 3.8) is 0 Å². The van der Waals surface area contributed by atoms with Crippen molar-refractivity contribution in [1.29, 1.82) is 0 Å². The molecule has 1 aliphatic carbocycles. The van der Waals surface area contributed by atoms with E-state index < -0.39 is 0 Å². The maximum Gasteiger partial charge on any atom is 0.137 e. The molecule has 13 heavy (non-hydrogen) atoms. The lowest BCUT2D eigenvalue weighted by atomic mass is 9.88. The summed E-state index contributed by atoms with van der Waals surface area (Å²) in [6.45, 7) is 0. The third-order valence-corrected chi connectivity index (χ3v) is 2.47. The maximum atomic E-state index is 11.2. The molecule has 1 aliphatic rings. The van der Waals surface area contributed by atoms with E-state index >= 15 is 0 Å². The summed E-state index contributed by atoms with van der Waals surface area (Å²) in [7, 11) is 0.